The van der Waals surface area contributed by atoms with Gasteiger partial charge in [-0.05, 0) is 18.2 Å². The van der Waals surface area contributed by atoms with Crippen molar-refractivity contribution >= 4 is 17.5 Å². The number of methoxy groups -OCH3 is 1. The highest BCUT2D eigenvalue weighted by molar-refractivity contribution is 6.31. The molecule has 0 aromatic heterocycles. The minimum Gasteiger partial charge on any atom is -0.496 e. The van der Waals surface area contributed by atoms with Crippen LogP contribution in [0.25, 0.3) is 0 Å². The molecule has 0 radical (unpaired) electrons. The van der Waals surface area contributed by atoms with E-state index in [2.05, 4.69) is 0 Å². The van der Waals surface area contributed by atoms with Gasteiger partial charge in [-0.2, -0.15) is 0 Å². The predicted molar refractivity (Wildman–Crippen MR) is 64.7 cm³/mol. The Balaban J connectivity index is 2.25. The zero-order valence-corrected chi connectivity index (χ0v) is 10.4. The minimum absolute atomic E-state index is 0.0624. The van der Waals surface area contributed by atoms with Gasteiger partial charge in [0.05, 0.1) is 25.9 Å². The zero-order valence-electron chi connectivity index (χ0n) is 9.61. The van der Waals surface area contributed by atoms with Crippen LogP contribution in [0.5, 0.6) is 5.75 Å². The normalized spacial score (nSPS) is 15.8. The highest BCUT2D eigenvalue weighted by atomic mass is 35.5. The number of ether oxygens (including phenoxy) is 2. The molecule has 0 bridgehead atoms. The Morgan fingerprint density at radius 1 is 1.41 bits per heavy atom. The first-order valence-corrected chi connectivity index (χ1v) is 5.80. The van der Waals surface area contributed by atoms with E-state index in [4.69, 9.17) is 21.1 Å². The first-order valence-electron chi connectivity index (χ1n) is 5.43. The van der Waals surface area contributed by atoms with Crippen molar-refractivity contribution in [3.05, 3.63) is 28.8 Å². The number of carbonyl (C=O) groups is 1. The van der Waals surface area contributed by atoms with E-state index in [9.17, 15) is 4.79 Å². The van der Waals surface area contributed by atoms with Crippen LogP contribution in [0.2, 0.25) is 5.02 Å². The molecule has 1 aliphatic heterocycles. The van der Waals surface area contributed by atoms with Crippen molar-refractivity contribution < 1.29 is 14.3 Å². The second-order valence-electron chi connectivity index (χ2n) is 3.75. The highest BCUT2D eigenvalue weighted by Gasteiger charge is 2.21. The largest absolute Gasteiger partial charge is 0.496 e. The van der Waals surface area contributed by atoms with E-state index in [0.29, 0.717) is 42.6 Å². The topological polar surface area (TPSA) is 38.8 Å². The van der Waals surface area contributed by atoms with Gasteiger partial charge in [0.25, 0.3) is 5.91 Å². The van der Waals surface area contributed by atoms with Crippen LogP contribution in [0.3, 0.4) is 0 Å². The summed E-state index contributed by atoms with van der Waals surface area (Å²) in [5.74, 6) is 0.485. The average Bonchev–Trinajstić information content (AvgIpc) is 2.39. The lowest BCUT2D eigenvalue weighted by Crippen LogP contribution is -2.40. The van der Waals surface area contributed by atoms with Crippen LogP contribution in [0, 0.1) is 0 Å². The highest BCUT2D eigenvalue weighted by Crippen LogP contribution is 2.24. The lowest BCUT2D eigenvalue weighted by molar-refractivity contribution is 0.0301. The van der Waals surface area contributed by atoms with Crippen LogP contribution in [-0.2, 0) is 4.74 Å². The van der Waals surface area contributed by atoms with Gasteiger partial charge in [-0.25, -0.2) is 0 Å². The Morgan fingerprint density at radius 3 is 2.76 bits per heavy atom. The van der Waals surface area contributed by atoms with Gasteiger partial charge in [0.1, 0.15) is 5.75 Å². The van der Waals surface area contributed by atoms with E-state index in [-0.39, 0.29) is 5.91 Å². The zero-order chi connectivity index (χ0) is 12.3. The lowest BCUT2D eigenvalue weighted by Gasteiger charge is -2.27. The number of nitrogens with zero attached hydrogens (tertiary/aromatic N) is 1. The van der Waals surface area contributed by atoms with Gasteiger partial charge in [0.2, 0.25) is 0 Å². The molecule has 2 rings (SSSR count). The lowest BCUT2D eigenvalue weighted by atomic mass is 10.1. The summed E-state index contributed by atoms with van der Waals surface area (Å²) in [6.07, 6.45) is 0. The van der Waals surface area contributed by atoms with Crippen LogP contribution in [-0.4, -0.2) is 44.2 Å². The number of morpholine rings is 1. The molecule has 5 heteroatoms. The Labute approximate surface area is 105 Å². The minimum atomic E-state index is -0.0624. The van der Waals surface area contributed by atoms with Crippen LogP contribution in [0.4, 0.5) is 0 Å². The third-order valence-corrected chi connectivity index (χ3v) is 2.93. The van der Waals surface area contributed by atoms with Crippen molar-refractivity contribution in [3.63, 3.8) is 0 Å². The van der Waals surface area contributed by atoms with Gasteiger partial charge in [-0.15, -0.1) is 0 Å². The monoisotopic (exact) mass is 255 g/mol. The molecule has 0 saturated carbocycles. The predicted octanol–water partition coefficient (Wildman–Crippen LogP) is 1.82. The maximum atomic E-state index is 12.3. The van der Waals surface area contributed by atoms with Gasteiger partial charge in [0.15, 0.2) is 0 Å². The molecule has 4 nitrogen and oxygen atoms in total. The van der Waals surface area contributed by atoms with Crippen LogP contribution in [0.1, 0.15) is 10.4 Å². The summed E-state index contributed by atoms with van der Waals surface area (Å²) in [6.45, 7) is 2.37. The number of hydrogen-bond acceptors (Lipinski definition) is 3. The average molecular weight is 256 g/mol. The second kappa shape index (κ2) is 5.38. The molecule has 0 aliphatic carbocycles. The van der Waals surface area contributed by atoms with E-state index in [1.54, 1.807) is 30.2 Å². The maximum Gasteiger partial charge on any atom is 0.257 e. The van der Waals surface area contributed by atoms with Crippen molar-refractivity contribution in [2.75, 3.05) is 33.4 Å². The fourth-order valence-corrected chi connectivity index (χ4v) is 1.96. The van der Waals surface area contributed by atoms with E-state index >= 15 is 0 Å². The molecular weight excluding hydrogens is 242 g/mol. The van der Waals surface area contributed by atoms with Crippen LogP contribution < -0.4 is 4.74 Å². The summed E-state index contributed by atoms with van der Waals surface area (Å²) in [4.78, 5) is 14.0. The summed E-state index contributed by atoms with van der Waals surface area (Å²) in [6, 6.07) is 5.05. The van der Waals surface area contributed by atoms with E-state index < -0.39 is 0 Å². The molecule has 1 aromatic rings. The molecule has 0 unspecified atom stereocenters. The molecule has 0 spiro atoms. The molecule has 1 fully saturated rings. The van der Waals surface area contributed by atoms with Crippen molar-refractivity contribution in [1.82, 2.24) is 4.90 Å². The molecule has 92 valence electrons. The van der Waals surface area contributed by atoms with Crippen LogP contribution in [0.15, 0.2) is 18.2 Å². The summed E-state index contributed by atoms with van der Waals surface area (Å²) in [5.41, 5.74) is 0.502. The van der Waals surface area contributed by atoms with Gasteiger partial charge in [-0.3, -0.25) is 4.79 Å². The number of amides is 1. The third-order valence-electron chi connectivity index (χ3n) is 2.69. The fraction of sp³-hybridized carbons (Fsp3) is 0.417. The first kappa shape index (κ1) is 12.2. The van der Waals surface area contributed by atoms with Crippen molar-refractivity contribution in [3.8, 4) is 5.75 Å². The standard InChI is InChI=1S/C12H14ClNO3/c1-16-11-3-2-9(13)8-10(11)12(15)14-4-6-17-7-5-14/h2-3,8H,4-7H2,1H3. The van der Waals surface area contributed by atoms with Crippen molar-refractivity contribution in [2.24, 2.45) is 0 Å². The molecule has 1 aliphatic rings. The molecule has 1 amide bonds. The molecule has 0 N–H and O–H groups in total. The van der Waals surface area contributed by atoms with Gasteiger partial charge < -0.3 is 14.4 Å². The Morgan fingerprint density at radius 2 is 2.12 bits per heavy atom. The molecule has 1 heterocycles. The first-order chi connectivity index (χ1) is 8.22. The Hall–Kier alpha value is -1.26. The molecule has 1 aromatic carbocycles. The smallest absolute Gasteiger partial charge is 0.257 e. The quantitative estimate of drug-likeness (QED) is 0.809. The number of carbonyl (C=O) groups excluding carboxylic acids is 1. The molecular formula is C12H14ClNO3. The molecule has 17 heavy (non-hydrogen) atoms. The van der Waals surface area contributed by atoms with E-state index in [0.717, 1.165) is 0 Å². The summed E-state index contributed by atoms with van der Waals surface area (Å²) in [7, 11) is 1.54. The maximum absolute atomic E-state index is 12.3. The van der Waals surface area contributed by atoms with Crippen molar-refractivity contribution in [2.45, 2.75) is 0 Å². The molecule has 0 atom stereocenters. The van der Waals surface area contributed by atoms with Crippen molar-refractivity contribution in [1.29, 1.82) is 0 Å². The summed E-state index contributed by atoms with van der Waals surface area (Å²) < 4.78 is 10.4. The van der Waals surface area contributed by atoms with E-state index in [1.807, 2.05) is 0 Å². The second-order valence-corrected chi connectivity index (χ2v) is 4.19. The Bertz CT molecular complexity index is 416. The summed E-state index contributed by atoms with van der Waals surface area (Å²) in [5, 5.41) is 0.530. The number of benzene rings is 1. The van der Waals surface area contributed by atoms with Crippen LogP contribution >= 0.6 is 11.6 Å². The fourth-order valence-electron chi connectivity index (χ4n) is 1.78. The Kier molecular flexibility index (Phi) is 3.86. The SMILES string of the molecule is COc1ccc(Cl)cc1C(=O)N1CCOCC1. The summed E-state index contributed by atoms with van der Waals surface area (Å²) >= 11 is 5.91. The number of hydrogen-bond donors (Lipinski definition) is 0. The van der Waals surface area contributed by atoms with E-state index in [1.165, 1.54) is 0 Å². The third kappa shape index (κ3) is 2.70. The van der Waals surface area contributed by atoms with Gasteiger partial charge in [0, 0.05) is 18.1 Å². The number of rotatable bonds is 2. The van der Waals surface area contributed by atoms with Gasteiger partial charge >= 0.3 is 0 Å². The van der Waals surface area contributed by atoms with Gasteiger partial charge in [-0.1, -0.05) is 11.6 Å². The molecule has 1 saturated heterocycles. The number of halogens is 1.